The molecule has 7 nitrogen and oxygen atoms in total. The summed E-state index contributed by atoms with van der Waals surface area (Å²) in [6, 6.07) is 0. The molecule has 1 saturated heterocycles. The number of carbonyl (C=O) groups excluding carboxylic acids is 1. The van der Waals surface area contributed by atoms with Crippen molar-refractivity contribution >= 4 is 15.9 Å². The summed E-state index contributed by atoms with van der Waals surface area (Å²) in [5.41, 5.74) is 1.85. The zero-order valence-electron chi connectivity index (χ0n) is 17.7. The molecule has 3 rings (SSSR count). The van der Waals surface area contributed by atoms with E-state index in [-0.39, 0.29) is 22.6 Å². The highest BCUT2D eigenvalue weighted by Gasteiger charge is 2.36. The van der Waals surface area contributed by atoms with Crippen molar-refractivity contribution in [3.05, 3.63) is 23.1 Å². The largest absolute Gasteiger partial charge is 0.360 e. The highest BCUT2D eigenvalue weighted by Crippen LogP contribution is 2.30. The van der Waals surface area contributed by atoms with E-state index in [1.165, 1.54) is 22.7 Å². The average Bonchev–Trinajstić information content (AvgIpc) is 3.07. The van der Waals surface area contributed by atoms with E-state index in [0.717, 1.165) is 19.3 Å². The summed E-state index contributed by atoms with van der Waals surface area (Å²) < 4.78 is 32.4. The Morgan fingerprint density at radius 1 is 1.31 bits per heavy atom. The second-order valence-electron chi connectivity index (χ2n) is 8.33. The van der Waals surface area contributed by atoms with Crippen LogP contribution in [0.5, 0.6) is 0 Å². The van der Waals surface area contributed by atoms with E-state index in [1.807, 2.05) is 6.92 Å². The summed E-state index contributed by atoms with van der Waals surface area (Å²) in [5, 5.41) is 6.84. The monoisotopic (exact) mass is 423 g/mol. The first-order valence-corrected chi connectivity index (χ1v) is 12.1. The van der Waals surface area contributed by atoms with Gasteiger partial charge in [0, 0.05) is 25.6 Å². The third-order valence-corrected chi connectivity index (χ3v) is 8.46. The van der Waals surface area contributed by atoms with Gasteiger partial charge in [-0.25, -0.2) is 8.42 Å². The Bertz CT molecular complexity index is 832. The lowest BCUT2D eigenvalue weighted by molar-refractivity contribution is -0.126. The van der Waals surface area contributed by atoms with Crippen molar-refractivity contribution in [2.75, 3.05) is 19.6 Å². The van der Waals surface area contributed by atoms with Gasteiger partial charge < -0.3 is 9.84 Å². The molecule has 1 N–H and O–H groups in total. The predicted octanol–water partition coefficient (Wildman–Crippen LogP) is 3.33. The number of nitrogens with one attached hydrogen (secondary N) is 1. The highest BCUT2D eigenvalue weighted by atomic mass is 32.2. The van der Waals surface area contributed by atoms with Gasteiger partial charge in [-0.3, -0.25) is 4.79 Å². The van der Waals surface area contributed by atoms with Gasteiger partial charge in [0.1, 0.15) is 10.6 Å². The van der Waals surface area contributed by atoms with Crippen molar-refractivity contribution < 1.29 is 17.7 Å². The maximum atomic E-state index is 12.9. The smallest absolute Gasteiger partial charge is 0.248 e. The van der Waals surface area contributed by atoms with Gasteiger partial charge in [0.2, 0.25) is 15.9 Å². The molecule has 29 heavy (non-hydrogen) atoms. The number of rotatable bonds is 7. The quantitative estimate of drug-likeness (QED) is 0.679. The summed E-state index contributed by atoms with van der Waals surface area (Å²) in [7, 11) is -3.61. The van der Waals surface area contributed by atoms with Crippen molar-refractivity contribution in [3.8, 4) is 0 Å². The van der Waals surface area contributed by atoms with E-state index in [0.29, 0.717) is 43.9 Å². The Balaban J connectivity index is 1.49. The molecule has 1 fully saturated rings. The van der Waals surface area contributed by atoms with Gasteiger partial charge in [-0.05, 0) is 64.7 Å². The lowest BCUT2D eigenvalue weighted by Gasteiger charge is -2.33. The molecule has 1 amide bonds. The van der Waals surface area contributed by atoms with Crippen molar-refractivity contribution in [1.29, 1.82) is 0 Å². The van der Waals surface area contributed by atoms with Crippen LogP contribution in [0.4, 0.5) is 0 Å². The summed E-state index contributed by atoms with van der Waals surface area (Å²) in [6.07, 6.45) is 9.47. The molecule has 0 bridgehead atoms. The maximum Gasteiger partial charge on any atom is 0.248 e. The van der Waals surface area contributed by atoms with Crippen LogP contribution < -0.4 is 5.32 Å². The van der Waals surface area contributed by atoms with Gasteiger partial charge in [-0.1, -0.05) is 23.7 Å². The van der Waals surface area contributed by atoms with E-state index in [1.54, 1.807) is 13.8 Å². The normalized spacial score (nSPS) is 20.3. The standard InChI is InChI=1S/C21H33N3O4S/c1-15(21(25)22-12-9-18-7-5-4-6-8-18)19-10-13-24(14-11-19)29(26,27)20-16(2)23-28-17(20)3/h7,15,19H,4-6,8-14H2,1-3H3,(H,22,25)/t15-/m0/s1. The molecule has 1 aliphatic heterocycles. The SMILES string of the molecule is Cc1noc(C)c1S(=O)(=O)N1CCC([C@H](C)C(=O)NCCC2=CCCCC2)CC1. The zero-order valence-corrected chi connectivity index (χ0v) is 18.6. The molecule has 0 aromatic carbocycles. The van der Waals surface area contributed by atoms with E-state index in [4.69, 9.17) is 4.52 Å². The number of aromatic nitrogens is 1. The Labute approximate surface area is 173 Å². The molecule has 2 aliphatic rings. The molecule has 0 spiro atoms. The third-order valence-electron chi connectivity index (χ3n) is 6.32. The van der Waals surface area contributed by atoms with Crippen LogP contribution in [0.2, 0.25) is 0 Å². The second kappa shape index (κ2) is 9.43. The van der Waals surface area contributed by atoms with Crippen LogP contribution in [-0.2, 0) is 14.8 Å². The number of hydrogen-bond acceptors (Lipinski definition) is 5. The van der Waals surface area contributed by atoms with Gasteiger partial charge in [0.25, 0.3) is 0 Å². The Kier molecular flexibility index (Phi) is 7.16. The lowest BCUT2D eigenvalue weighted by Crippen LogP contribution is -2.43. The molecule has 1 aliphatic carbocycles. The molecule has 0 saturated carbocycles. The zero-order chi connectivity index (χ0) is 21.0. The topological polar surface area (TPSA) is 92.5 Å². The van der Waals surface area contributed by atoms with Crippen molar-refractivity contribution in [1.82, 2.24) is 14.8 Å². The Hall–Kier alpha value is -1.67. The minimum absolute atomic E-state index is 0.0773. The van der Waals surface area contributed by atoms with Crippen molar-refractivity contribution in [3.63, 3.8) is 0 Å². The Morgan fingerprint density at radius 2 is 2.03 bits per heavy atom. The van der Waals surface area contributed by atoms with Gasteiger partial charge in [-0.15, -0.1) is 0 Å². The maximum absolute atomic E-state index is 12.9. The van der Waals surface area contributed by atoms with E-state index in [2.05, 4.69) is 16.5 Å². The second-order valence-corrected chi connectivity index (χ2v) is 10.2. The number of sulfonamides is 1. The molecule has 8 heteroatoms. The summed E-state index contributed by atoms with van der Waals surface area (Å²) in [4.78, 5) is 12.7. The van der Waals surface area contributed by atoms with Crippen molar-refractivity contribution in [2.45, 2.75) is 70.6 Å². The minimum atomic E-state index is -3.61. The van der Waals surface area contributed by atoms with Gasteiger partial charge in [0.05, 0.1) is 0 Å². The van der Waals surface area contributed by atoms with Crippen LogP contribution in [-0.4, -0.2) is 43.4 Å². The molecule has 1 aromatic rings. The van der Waals surface area contributed by atoms with Crippen LogP contribution in [0.3, 0.4) is 0 Å². The van der Waals surface area contributed by atoms with Crippen LogP contribution in [0.25, 0.3) is 0 Å². The number of amides is 1. The van der Waals surface area contributed by atoms with E-state index in [9.17, 15) is 13.2 Å². The molecule has 162 valence electrons. The number of hydrogen-bond donors (Lipinski definition) is 1. The highest BCUT2D eigenvalue weighted by molar-refractivity contribution is 7.89. The van der Waals surface area contributed by atoms with Gasteiger partial charge in [0.15, 0.2) is 5.76 Å². The van der Waals surface area contributed by atoms with E-state index >= 15 is 0 Å². The third kappa shape index (κ3) is 5.09. The number of nitrogens with zero attached hydrogens (tertiary/aromatic N) is 2. The molecular weight excluding hydrogens is 390 g/mol. The first-order valence-electron chi connectivity index (χ1n) is 10.7. The predicted molar refractivity (Wildman–Crippen MR) is 111 cm³/mol. The molecule has 0 unspecified atom stereocenters. The number of allylic oxidation sites excluding steroid dienone is 1. The number of aryl methyl sites for hydroxylation is 2. The summed E-state index contributed by atoms with van der Waals surface area (Å²) >= 11 is 0. The number of piperidine rings is 1. The fourth-order valence-electron chi connectivity index (χ4n) is 4.44. The molecule has 0 radical (unpaired) electrons. The van der Waals surface area contributed by atoms with Crippen LogP contribution in [0, 0.1) is 25.7 Å². The molecule has 2 heterocycles. The minimum Gasteiger partial charge on any atom is -0.360 e. The molecule has 1 atom stereocenters. The first kappa shape index (κ1) is 22.0. The lowest BCUT2D eigenvalue weighted by atomic mass is 9.85. The fourth-order valence-corrected chi connectivity index (χ4v) is 6.20. The van der Waals surface area contributed by atoms with Crippen molar-refractivity contribution in [2.24, 2.45) is 11.8 Å². The van der Waals surface area contributed by atoms with Crippen LogP contribution >= 0.6 is 0 Å². The van der Waals surface area contributed by atoms with Gasteiger partial charge in [-0.2, -0.15) is 4.31 Å². The number of carbonyl (C=O) groups is 1. The fraction of sp³-hybridized carbons (Fsp3) is 0.714. The summed E-state index contributed by atoms with van der Waals surface area (Å²) in [5.74, 6) is 0.484. The van der Waals surface area contributed by atoms with Crippen LogP contribution in [0.1, 0.15) is 63.3 Å². The molecular formula is C21H33N3O4S. The van der Waals surface area contributed by atoms with Crippen LogP contribution in [0.15, 0.2) is 21.1 Å². The summed E-state index contributed by atoms with van der Waals surface area (Å²) in [6.45, 7) is 6.75. The van der Waals surface area contributed by atoms with Gasteiger partial charge >= 0.3 is 0 Å². The Morgan fingerprint density at radius 3 is 2.62 bits per heavy atom. The van der Waals surface area contributed by atoms with E-state index < -0.39 is 10.0 Å². The first-order chi connectivity index (χ1) is 13.8. The molecule has 1 aromatic heterocycles. The average molecular weight is 424 g/mol.